The Morgan fingerprint density at radius 2 is 2.10 bits per heavy atom. The maximum Gasteiger partial charge on any atom is 0.269 e. The largest absolute Gasteiger partial charge is 0.380 e. The van der Waals surface area contributed by atoms with Crippen LogP contribution in [0.1, 0.15) is 11.1 Å². The molecule has 0 saturated heterocycles. The molecule has 2 aromatic carbocycles. The summed E-state index contributed by atoms with van der Waals surface area (Å²) in [5.41, 5.74) is 1.69. The normalized spacial score (nSPS) is 9.95. The highest BCUT2D eigenvalue weighted by atomic mass is 79.9. The van der Waals surface area contributed by atoms with Crippen LogP contribution in [0.2, 0.25) is 5.02 Å². The number of hydrogen-bond acceptors (Lipinski definition) is 4. The van der Waals surface area contributed by atoms with E-state index in [1.54, 1.807) is 18.2 Å². The Bertz CT molecular complexity index is 743. The highest BCUT2D eigenvalue weighted by molar-refractivity contribution is 9.10. The zero-order valence-corrected chi connectivity index (χ0v) is 13.0. The molecule has 106 valence electrons. The van der Waals surface area contributed by atoms with Crippen LogP contribution in [0.25, 0.3) is 0 Å². The summed E-state index contributed by atoms with van der Waals surface area (Å²) in [5.74, 6) is 0. The summed E-state index contributed by atoms with van der Waals surface area (Å²) < 4.78 is 0.828. The molecule has 0 aliphatic heterocycles. The van der Waals surface area contributed by atoms with Crippen molar-refractivity contribution in [3.05, 3.63) is 67.1 Å². The fourth-order valence-electron chi connectivity index (χ4n) is 1.76. The van der Waals surface area contributed by atoms with Gasteiger partial charge in [-0.2, -0.15) is 5.26 Å². The molecular weight excluding hydrogens is 358 g/mol. The van der Waals surface area contributed by atoms with Gasteiger partial charge in [0.05, 0.1) is 16.2 Å². The summed E-state index contributed by atoms with van der Waals surface area (Å²) >= 11 is 9.37. The third-order valence-electron chi connectivity index (χ3n) is 2.81. The standard InChI is InChI=1S/C14H9BrClN3O2/c15-11-2-1-9(7-17)14(6-11)18-8-10-5-12(19(20)21)3-4-13(10)16/h1-6,18H,8H2. The molecule has 0 saturated carbocycles. The van der Waals surface area contributed by atoms with Crippen LogP contribution in [0.15, 0.2) is 40.9 Å². The number of nitro benzene ring substituents is 1. The van der Waals surface area contributed by atoms with Crippen molar-refractivity contribution in [1.29, 1.82) is 5.26 Å². The predicted molar refractivity (Wildman–Crippen MR) is 84.3 cm³/mol. The second-order valence-corrected chi connectivity index (χ2v) is 5.51. The van der Waals surface area contributed by atoms with Crippen LogP contribution >= 0.6 is 27.5 Å². The minimum absolute atomic E-state index is 0.0223. The van der Waals surface area contributed by atoms with Crippen molar-refractivity contribution < 1.29 is 4.92 Å². The van der Waals surface area contributed by atoms with Gasteiger partial charge in [-0.05, 0) is 29.8 Å². The minimum atomic E-state index is -0.473. The summed E-state index contributed by atoms with van der Waals surface area (Å²) in [5, 5.41) is 23.3. The van der Waals surface area contributed by atoms with Gasteiger partial charge in [0.1, 0.15) is 6.07 Å². The molecule has 0 atom stereocenters. The summed E-state index contributed by atoms with van der Waals surface area (Å²) in [4.78, 5) is 10.3. The highest BCUT2D eigenvalue weighted by Crippen LogP contribution is 2.25. The van der Waals surface area contributed by atoms with Crippen molar-refractivity contribution in [3.8, 4) is 6.07 Å². The van der Waals surface area contributed by atoms with Crippen LogP contribution in [0, 0.1) is 21.4 Å². The van der Waals surface area contributed by atoms with Crippen molar-refractivity contribution in [2.24, 2.45) is 0 Å². The van der Waals surface area contributed by atoms with Gasteiger partial charge in [-0.3, -0.25) is 10.1 Å². The number of nitrogens with zero attached hydrogens (tertiary/aromatic N) is 2. The van der Waals surface area contributed by atoms with Gasteiger partial charge in [0.2, 0.25) is 0 Å². The lowest BCUT2D eigenvalue weighted by Gasteiger charge is -2.10. The van der Waals surface area contributed by atoms with Crippen molar-refractivity contribution in [1.82, 2.24) is 0 Å². The molecule has 0 spiro atoms. The lowest BCUT2D eigenvalue weighted by atomic mass is 10.1. The lowest BCUT2D eigenvalue weighted by Crippen LogP contribution is -2.02. The molecule has 5 nitrogen and oxygen atoms in total. The summed E-state index contributed by atoms with van der Waals surface area (Å²) in [6.07, 6.45) is 0. The molecule has 0 heterocycles. The number of halogens is 2. The monoisotopic (exact) mass is 365 g/mol. The SMILES string of the molecule is N#Cc1ccc(Br)cc1NCc1cc([N+](=O)[O-])ccc1Cl. The molecular formula is C14H9BrClN3O2. The van der Waals surface area contributed by atoms with Crippen molar-refractivity contribution >= 4 is 38.9 Å². The third-order valence-corrected chi connectivity index (χ3v) is 3.67. The maximum atomic E-state index is 10.8. The average molecular weight is 367 g/mol. The fourth-order valence-corrected chi connectivity index (χ4v) is 2.31. The second kappa shape index (κ2) is 6.57. The first-order valence-electron chi connectivity index (χ1n) is 5.87. The van der Waals surface area contributed by atoms with Crippen LogP contribution in [0.4, 0.5) is 11.4 Å². The van der Waals surface area contributed by atoms with Gasteiger partial charge in [0, 0.05) is 28.2 Å². The number of nitrogens with one attached hydrogen (secondary N) is 1. The van der Waals surface area contributed by atoms with Crippen LogP contribution in [-0.2, 0) is 6.54 Å². The second-order valence-electron chi connectivity index (χ2n) is 4.19. The number of hydrogen-bond donors (Lipinski definition) is 1. The fraction of sp³-hybridized carbons (Fsp3) is 0.0714. The first kappa shape index (κ1) is 15.3. The topological polar surface area (TPSA) is 79.0 Å². The summed E-state index contributed by atoms with van der Waals surface area (Å²) in [6, 6.07) is 11.6. The van der Waals surface area contributed by atoms with E-state index in [-0.39, 0.29) is 12.2 Å². The van der Waals surface area contributed by atoms with E-state index in [0.717, 1.165) is 4.47 Å². The summed E-state index contributed by atoms with van der Waals surface area (Å²) in [7, 11) is 0. The number of nitro groups is 1. The Balaban J connectivity index is 2.24. The van der Waals surface area contributed by atoms with E-state index in [4.69, 9.17) is 16.9 Å². The molecule has 0 aliphatic carbocycles. The Kier molecular flexibility index (Phi) is 4.78. The smallest absolute Gasteiger partial charge is 0.269 e. The number of non-ortho nitro benzene ring substituents is 1. The molecule has 0 radical (unpaired) electrons. The average Bonchev–Trinajstić information content (AvgIpc) is 2.46. The first-order valence-corrected chi connectivity index (χ1v) is 7.04. The van der Waals surface area contributed by atoms with Crippen molar-refractivity contribution in [2.75, 3.05) is 5.32 Å². The van der Waals surface area contributed by atoms with Crippen LogP contribution < -0.4 is 5.32 Å². The molecule has 0 amide bonds. The van der Waals surface area contributed by atoms with Crippen molar-refractivity contribution in [3.63, 3.8) is 0 Å². The quantitative estimate of drug-likeness (QED) is 0.638. The Labute approximate surface area is 134 Å². The number of anilines is 1. The van der Waals surface area contributed by atoms with E-state index in [1.165, 1.54) is 18.2 Å². The van der Waals surface area contributed by atoms with Gasteiger partial charge < -0.3 is 5.32 Å². The number of rotatable bonds is 4. The van der Waals surface area contributed by atoms with E-state index in [2.05, 4.69) is 27.3 Å². The first-order chi connectivity index (χ1) is 10.0. The van der Waals surface area contributed by atoms with Gasteiger partial charge in [0.25, 0.3) is 5.69 Å². The van der Waals surface area contributed by atoms with E-state index >= 15 is 0 Å². The molecule has 2 aromatic rings. The predicted octanol–water partition coefficient (Wildman–Crippen LogP) is 4.49. The molecule has 0 fully saturated rings. The molecule has 0 bridgehead atoms. The van der Waals surface area contributed by atoms with E-state index < -0.39 is 4.92 Å². The molecule has 0 aliphatic rings. The zero-order chi connectivity index (χ0) is 15.4. The van der Waals surface area contributed by atoms with E-state index in [0.29, 0.717) is 21.8 Å². The van der Waals surface area contributed by atoms with Gasteiger partial charge in [-0.15, -0.1) is 0 Å². The molecule has 7 heteroatoms. The maximum absolute atomic E-state index is 10.8. The molecule has 2 rings (SSSR count). The Morgan fingerprint density at radius 1 is 1.33 bits per heavy atom. The Morgan fingerprint density at radius 3 is 2.76 bits per heavy atom. The highest BCUT2D eigenvalue weighted by Gasteiger charge is 2.10. The minimum Gasteiger partial charge on any atom is -0.380 e. The van der Waals surface area contributed by atoms with Gasteiger partial charge in [0.15, 0.2) is 0 Å². The Hall–Kier alpha value is -2.10. The number of benzene rings is 2. The zero-order valence-electron chi connectivity index (χ0n) is 10.6. The number of nitriles is 1. The third kappa shape index (κ3) is 3.72. The van der Waals surface area contributed by atoms with Gasteiger partial charge in [-0.1, -0.05) is 27.5 Å². The van der Waals surface area contributed by atoms with Gasteiger partial charge >= 0.3 is 0 Å². The molecule has 21 heavy (non-hydrogen) atoms. The van der Waals surface area contributed by atoms with E-state index in [1.807, 2.05) is 0 Å². The molecule has 0 unspecified atom stereocenters. The lowest BCUT2D eigenvalue weighted by molar-refractivity contribution is -0.384. The van der Waals surface area contributed by atoms with Crippen LogP contribution in [0.3, 0.4) is 0 Å². The summed E-state index contributed by atoms with van der Waals surface area (Å²) in [6.45, 7) is 0.283. The van der Waals surface area contributed by atoms with Gasteiger partial charge in [-0.25, -0.2) is 0 Å². The van der Waals surface area contributed by atoms with Crippen molar-refractivity contribution in [2.45, 2.75) is 6.54 Å². The molecule has 1 N–H and O–H groups in total. The van der Waals surface area contributed by atoms with Crippen LogP contribution in [0.5, 0.6) is 0 Å². The van der Waals surface area contributed by atoms with Crippen LogP contribution in [-0.4, -0.2) is 4.92 Å². The van der Waals surface area contributed by atoms with E-state index in [9.17, 15) is 10.1 Å². The molecule has 0 aromatic heterocycles.